The zero-order valence-corrected chi connectivity index (χ0v) is 14.2. The average molecular weight is 346 g/mol. The molecule has 2 rings (SSSR count). The SMILES string of the molecule is CCSc1nsc(NC(=O)C(C#N)=Cc2ccc(OC)cc2)n1. The highest BCUT2D eigenvalue weighted by atomic mass is 32.2. The molecule has 6 nitrogen and oxygen atoms in total. The number of methoxy groups -OCH3 is 1. The van der Waals surface area contributed by atoms with E-state index in [1.807, 2.05) is 13.0 Å². The van der Waals surface area contributed by atoms with Crippen LogP contribution in [-0.4, -0.2) is 28.1 Å². The number of thioether (sulfide) groups is 1. The maximum Gasteiger partial charge on any atom is 0.268 e. The highest BCUT2D eigenvalue weighted by Gasteiger charge is 2.12. The predicted molar refractivity (Wildman–Crippen MR) is 91.5 cm³/mol. The summed E-state index contributed by atoms with van der Waals surface area (Å²) in [7, 11) is 1.58. The Morgan fingerprint density at radius 1 is 1.48 bits per heavy atom. The van der Waals surface area contributed by atoms with E-state index in [1.165, 1.54) is 17.8 Å². The second kappa shape index (κ2) is 8.31. The van der Waals surface area contributed by atoms with Gasteiger partial charge in [0.2, 0.25) is 10.3 Å². The van der Waals surface area contributed by atoms with Crippen molar-refractivity contribution >= 4 is 40.4 Å². The van der Waals surface area contributed by atoms with Gasteiger partial charge in [0, 0.05) is 11.5 Å². The first-order valence-electron chi connectivity index (χ1n) is 6.70. The molecule has 0 saturated heterocycles. The van der Waals surface area contributed by atoms with Crippen LogP contribution < -0.4 is 10.1 Å². The van der Waals surface area contributed by atoms with Crippen molar-refractivity contribution in [1.29, 1.82) is 5.26 Å². The second-order valence-corrected chi connectivity index (χ2v) is 6.20. The highest BCUT2D eigenvalue weighted by Crippen LogP contribution is 2.20. The highest BCUT2D eigenvalue weighted by molar-refractivity contribution is 7.99. The van der Waals surface area contributed by atoms with E-state index in [0.29, 0.717) is 16.0 Å². The number of hydrogen-bond acceptors (Lipinski definition) is 7. The second-order valence-electron chi connectivity index (χ2n) is 4.21. The molecule has 1 amide bonds. The van der Waals surface area contributed by atoms with E-state index in [1.54, 1.807) is 31.4 Å². The summed E-state index contributed by atoms with van der Waals surface area (Å²) in [5.74, 6) is 1.05. The number of nitriles is 1. The number of aromatic nitrogens is 2. The Bertz CT molecular complexity index is 748. The van der Waals surface area contributed by atoms with Crippen LogP contribution in [0.2, 0.25) is 0 Å². The zero-order valence-electron chi connectivity index (χ0n) is 12.6. The van der Waals surface area contributed by atoms with E-state index in [4.69, 9.17) is 4.74 Å². The molecule has 1 aromatic heterocycles. The van der Waals surface area contributed by atoms with Crippen molar-refractivity contribution in [3.63, 3.8) is 0 Å². The molecule has 0 spiro atoms. The van der Waals surface area contributed by atoms with Crippen molar-refractivity contribution in [3.8, 4) is 11.8 Å². The normalized spacial score (nSPS) is 10.9. The number of carbonyl (C=O) groups is 1. The van der Waals surface area contributed by atoms with E-state index < -0.39 is 5.91 Å². The van der Waals surface area contributed by atoms with Crippen LogP contribution in [-0.2, 0) is 4.79 Å². The van der Waals surface area contributed by atoms with Crippen LogP contribution in [0.3, 0.4) is 0 Å². The van der Waals surface area contributed by atoms with Crippen LogP contribution in [0.15, 0.2) is 35.0 Å². The largest absolute Gasteiger partial charge is 0.497 e. The first-order chi connectivity index (χ1) is 11.2. The van der Waals surface area contributed by atoms with Crippen LogP contribution >= 0.6 is 23.3 Å². The molecule has 0 fully saturated rings. The van der Waals surface area contributed by atoms with Crippen LogP contribution in [0.1, 0.15) is 12.5 Å². The molecule has 0 aliphatic carbocycles. The van der Waals surface area contributed by atoms with Gasteiger partial charge in [-0.05, 0) is 29.5 Å². The Labute approximate surface area is 142 Å². The molecule has 0 unspecified atom stereocenters. The van der Waals surface area contributed by atoms with Crippen molar-refractivity contribution < 1.29 is 9.53 Å². The lowest BCUT2D eigenvalue weighted by Gasteiger charge is -2.01. The Morgan fingerprint density at radius 3 is 2.83 bits per heavy atom. The minimum absolute atomic E-state index is 0.00457. The minimum atomic E-state index is -0.507. The summed E-state index contributed by atoms with van der Waals surface area (Å²) in [5, 5.41) is 12.8. The Balaban J connectivity index is 2.10. The third-order valence-corrected chi connectivity index (χ3v) is 4.17. The van der Waals surface area contributed by atoms with E-state index in [-0.39, 0.29) is 5.57 Å². The molecule has 0 aliphatic rings. The van der Waals surface area contributed by atoms with Gasteiger partial charge in [0.05, 0.1) is 7.11 Å². The fraction of sp³-hybridized carbons (Fsp3) is 0.200. The molecule has 0 bridgehead atoms. The van der Waals surface area contributed by atoms with E-state index >= 15 is 0 Å². The van der Waals surface area contributed by atoms with Crippen molar-refractivity contribution in [2.24, 2.45) is 0 Å². The molecule has 0 radical (unpaired) electrons. The summed E-state index contributed by atoms with van der Waals surface area (Å²) < 4.78 is 9.18. The molecule has 1 heterocycles. The van der Waals surface area contributed by atoms with Gasteiger partial charge in [-0.15, -0.1) is 0 Å². The standard InChI is InChI=1S/C15H14N4O2S2/c1-3-22-15-18-14(23-19-15)17-13(20)11(9-16)8-10-4-6-12(21-2)7-5-10/h4-8H,3H2,1-2H3,(H,17,18,19,20). The van der Waals surface area contributed by atoms with Gasteiger partial charge in [-0.3, -0.25) is 10.1 Å². The molecule has 1 aromatic carbocycles. The lowest BCUT2D eigenvalue weighted by molar-refractivity contribution is -0.112. The van der Waals surface area contributed by atoms with Crippen LogP contribution in [0.5, 0.6) is 5.75 Å². The van der Waals surface area contributed by atoms with E-state index in [9.17, 15) is 10.1 Å². The molecule has 118 valence electrons. The van der Waals surface area contributed by atoms with Crippen molar-refractivity contribution in [1.82, 2.24) is 9.36 Å². The molecule has 1 N–H and O–H groups in total. The molecule has 23 heavy (non-hydrogen) atoms. The van der Waals surface area contributed by atoms with Crippen molar-refractivity contribution in [3.05, 3.63) is 35.4 Å². The van der Waals surface area contributed by atoms with Gasteiger partial charge < -0.3 is 4.74 Å². The number of nitrogens with zero attached hydrogens (tertiary/aromatic N) is 3. The number of nitrogens with one attached hydrogen (secondary N) is 1. The summed E-state index contributed by atoms with van der Waals surface area (Å²) in [4.78, 5) is 16.3. The predicted octanol–water partition coefficient (Wildman–Crippen LogP) is 3.20. The van der Waals surface area contributed by atoms with Gasteiger partial charge in [-0.25, -0.2) is 0 Å². The minimum Gasteiger partial charge on any atom is -0.497 e. The number of ether oxygens (including phenoxy) is 1. The fourth-order valence-electron chi connectivity index (χ4n) is 1.63. The number of hydrogen-bond donors (Lipinski definition) is 1. The Hall–Kier alpha value is -2.37. The average Bonchev–Trinajstić information content (AvgIpc) is 3.00. The maximum absolute atomic E-state index is 12.1. The van der Waals surface area contributed by atoms with Gasteiger partial charge in [0.1, 0.15) is 17.4 Å². The maximum atomic E-state index is 12.1. The molecule has 2 aromatic rings. The first-order valence-corrected chi connectivity index (χ1v) is 8.46. The van der Waals surface area contributed by atoms with Gasteiger partial charge in [-0.2, -0.15) is 14.6 Å². The summed E-state index contributed by atoms with van der Waals surface area (Å²) in [6.45, 7) is 2.00. The number of amides is 1. The number of carbonyl (C=O) groups excluding carboxylic acids is 1. The molecule has 0 aliphatic heterocycles. The third-order valence-electron chi connectivity index (χ3n) is 2.69. The number of rotatable bonds is 6. The summed E-state index contributed by atoms with van der Waals surface area (Å²) >= 11 is 2.58. The molecular formula is C15H14N4O2S2. The third kappa shape index (κ3) is 4.81. The number of anilines is 1. The van der Waals surface area contributed by atoms with Gasteiger partial charge in [0.25, 0.3) is 5.91 Å². The Kier molecular flexibility index (Phi) is 6.14. The zero-order chi connectivity index (χ0) is 16.7. The van der Waals surface area contributed by atoms with E-state index in [2.05, 4.69) is 14.7 Å². The fourth-order valence-corrected chi connectivity index (χ4v) is 2.89. The molecule has 8 heteroatoms. The van der Waals surface area contributed by atoms with Crippen LogP contribution in [0, 0.1) is 11.3 Å². The van der Waals surface area contributed by atoms with Crippen molar-refractivity contribution in [2.45, 2.75) is 12.1 Å². The number of benzene rings is 1. The first kappa shape index (κ1) is 17.0. The van der Waals surface area contributed by atoms with Gasteiger partial charge in [0.15, 0.2) is 0 Å². The van der Waals surface area contributed by atoms with E-state index in [0.717, 1.165) is 22.8 Å². The van der Waals surface area contributed by atoms with Crippen molar-refractivity contribution in [2.75, 3.05) is 18.2 Å². The van der Waals surface area contributed by atoms with Crippen LogP contribution in [0.4, 0.5) is 5.13 Å². The topological polar surface area (TPSA) is 87.9 Å². The lowest BCUT2D eigenvalue weighted by atomic mass is 10.1. The molecule has 0 atom stereocenters. The quantitative estimate of drug-likeness (QED) is 0.491. The monoisotopic (exact) mass is 346 g/mol. The molecule has 0 saturated carbocycles. The smallest absolute Gasteiger partial charge is 0.268 e. The van der Waals surface area contributed by atoms with Crippen LogP contribution in [0.25, 0.3) is 6.08 Å². The summed E-state index contributed by atoms with van der Waals surface area (Å²) in [5.41, 5.74) is 0.729. The van der Waals surface area contributed by atoms with Gasteiger partial charge >= 0.3 is 0 Å². The lowest BCUT2D eigenvalue weighted by Crippen LogP contribution is -2.13. The molecular weight excluding hydrogens is 332 g/mol. The summed E-state index contributed by atoms with van der Waals surface area (Å²) in [6.07, 6.45) is 1.51. The summed E-state index contributed by atoms with van der Waals surface area (Å²) in [6, 6.07) is 8.96. The Morgan fingerprint density at radius 2 is 2.22 bits per heavy atom. The van der Waals surface area contributed by atoms with Gasteiger partial charge in [-0.1, -0.05) is 30.8 Å².